The Kier molecular flexibility index (Phi) is 6.38. The maximum Gasteiger partial charge on any atom is 0.416 e. The van der Waals surface area contributed by atoms with Crippen LogP contribution in [-0.2, 0) is 33.6 Å². The van der Waals surface area contributed by atoms with Crippen LogP contribution in [0.2, 0.25) is 0 Å². The highest BCUT2D eigenvalue weighted by atomic mass is 19.4. The number of alkyl halides is 3. The molecule has 2 aromatic rings. The first kappa shape index (κ1) is 24.8. The van der Waals surface area contributed by atoms with Gasteiger partial charge in [-0.1, -0.05) is 24.3 Å². The number of amides is 4. The van der Waals surface area contributed by atoms with E-state index in [4.69, 9.17) is 4.74 Å². The summed E-state index contributed by atoms with van der Waals surface area (Å²) in [7, 11) is 0. The first-order valence-electron chi connectivity index (χ1n) is 12.0. The number of nitrogens with zero attached hydrogens (tertiary/aromatic N) is 1. The van der Waals surface area contributed by atoms with Gasteiger partial charge in [0.15, 0.2) is 0 Å². The zero-order valence-corrected chi connectivity index (χ0v) is 19.6. The highest BCUT2D eigenvalue weighted by Crippen LogP contribution is 2.40. The highest BCUT2D eigenvalue weighted by Gasteiger charge is 2.39. The molecule has 194 valence electrons. The van der Waals surface area contributed by atoms with E-state index in [2.05, 4.69) is 10.6 Å². The van der Waals surface area contributed by atoms with Crippen LogP contribution in [0.1, 0.15) is 64.2 Å². The van der Waals surface area contributed by atoms with Crippen molar-refractivity contribution < 1.29 is 37.1 Å². The number of benzene rings is 2. The van der Waals surface area contributed by atoms with Gasteiger partial charge in [0.2, 0.25) is 11.8 Å². The van der Waals surface area contributed by atoms with Crippen molar-refractivity contribution in [3.63, 3.8) is 0 Å². The molecule has 1 atom stereocenters. The van der Waals surface area contributed by atoms with Gasteiger partial charge in [-0.05, 0) is 60.1 Å². The lowest BCUT2D eigenvalue weighted by Crippen LogP contribution is -2.52. The Morgan fingerprint density at radius 1 is 1.08 bits per heavy atom. The molecule has 1 saturated heterocycles. The van der Waals surface area contributed by atoms with Crippen molar-refractivity contribution in [3.8, 4) is 0 Å². The van der Waals surface area contributed by atoms with Gasteiger partial charge in [0.05, 0.1) is 5.56 Å². The molecule has 11 heteroatoms. The second-order valence-corrected chi connectivity index (χ2v) is 9.56. The molecule has 0 bridgehead atoms. The number of hydrogen-bond donors (Lipinski definition) is 2. The van der Waals surface area contributed by atoms with E-state index in [0.717, 1.165) is 23.3 Å². The molecule has 1 aliphatic carbocycles. The Labute approximate surface area is 210 Å². The lowest BCUT2D eigenvalue weighted by atomic mass is 9.77. The summed E-state index contributed by atoms with van der Waals surface area (Å²) in [4.78, 5) is 50.2. The normalized spacial score (nSPS) is 23.3. The third-order valence-corrected chi connectivity index (χ3v) is 7.11. The maximum atomic E-state index is 12.9. The van der Waals surface area contributed by atoms with Crippen molar-refractivity contribution >= 4 is 23.8 Å². The van der Waals surface area contributed by atoms with Crippen molar-refractivity contribution in [2.75, 3.05) is 0 Å². The molecule has 37 heavy (non-hydrogen) atoms. The summed E-state index contributed by atoms with van der Waals surface area (Å²) < 4.78 is 43.5. The number of halogens is 3. The zero-order chi connectivity index (χ0) is 26.3. The fraction of sp³-hybridized carbons (Fsp3) is 0.385. The number of nitrogens with one attached hydrogen (secondary N) is 2. The number of hydrogen-bond acceptors (Lipinski definition) is 5. The highest BCUT2D eigenvalue weighted by molar-refractivity contribution is 6.05. The average Bonchev–Trinajstić information content (AvgIpc) is 3.15. The maximum absolute atomic E-state index is 12.9. The molecule has 2 heterocycles. The number of piperidine rings is 1. The summed E-state index contributed by atoms with van der Waals surface area (Å²) in [5, 5.41) is 4.92. The molecule has 0 radical (unpaired) electrons. The molecule has 4 amide bonds. The average molecular weight is 515 g/mol. The fourth-order valence-electron chi connectivity index (χ4n) is 4.96. The molecule has 0 spiro atoms. The van der Waals surface area contributed by atoms with Gasteiger partial charge >= 0.3 is 12.3 Å². The lowest BCUT2D eigenvalue weighted by Gasteiger charge is -2.35. The smallest absolute Gasteiger partial charge is 0.416 e. The van der Waals surface area contributed by atoms with E-state index < -0.39 is 29.8 Å². The SMILES string of the molecule is O=C1CCC(N2Cc3ccc(CNC(=O)OC4CC(c5ccc(C(F)(F)F)cc5)C4)cc3C2=O)C(=O)N1. The summed E-state index contributed by atoms with van der Waals surface area (Å²) in [6, 6.07) is 9.58. The molecule has 2 aromatic carbocycles. The number of carbonyl (C=O) groups excluding carboxylic acids is 4. The minimum Gasteiger partial charge on any atom is -0.446 e. The second kappa shape index (κ2) is 9.53. The lowest BCUT2D eigenvalue weighted by molar-refractivity contribution is -0.138. The fourth-order valence-corrected chi connectivity index (χ4v) is 4.96. The van der Waals surface area contributed by atoms with Gasteiger partial charge in [0.1, 0.15) is 12.1 Å². The van der Waals surface area contributed by atoms with E-state index in [1.165, 1.54) is 17.0 Å². The number of ether oxygens (including phenoxy) is 1. The molecule has 8 nitrogen and oxygen atoms in total. The minimum atomic E-state index is -4.37. The van der Waals surface area contributed by atoms with E-state index in [1.54, 1.807) is 18.2 Å². The molecule has 5 rings (SSSR count). The van der Waals surface area contributed by atoms with Crippen molar-refractivity contribution in [1.29, 1.82) is 0 Å². The molecule has 2 aliphatic heterocycles. The quantitative estimate of drug-likeness (QED) is 0.592. The standard InChI is InChI=1S/C26H24F3N3O5/c27-26(28,29)18-5-3-15(4-6-18)17-10-19(11-17)37-25(36)30-12-14-1-2-16-13-32(24(35)20(16)9-14)21-7-8-22(33)31-23(21)34/h1-6,9,17,19,21H,7-8,10-13H2,(H,30,36)(H,31,33,34). The molecular formula is C26H24F3N3O5. The summed E-state index contributed by atoms with van der Waals surface area (Å²) in [5.74, 6) is -1.07. The van der Waals surface area contributed by atoms with Crippen molar-refractivity contribution in [3.05, 3.63) is 70.3 Å². The van der Waals surface area contributed by atoms with Gasteiger partial charge in [0.25, 0.3) is 5.91 Å². The summed E-state index contributed by atoms with van der Waals surface area (Å²) in [6.45, 7) is 0.408. The number of rotatable bonds is 5. The Morgan fingerprint density at radius 3 is 2.49 bits per heavy atom. The monoisotopic (exact) mass is 515 g/mol. The Morgan fingerprint density at radius 2 is 1.81 bits per heavy atom. The van der Waals surface area contributed by atoms with Crippen molar-refractivity contribution in [1.82, 2.24) is 15.5 Å². The number of carbonyl (C=O) groups is 4. The van der Waals surface area contributed by atoms with Crippen LogP contribution in [0, 0.1) is 0 Å². The van der Waals surface area contributed by atoms with Gasteiger partial charge in [-0.2, -0.15) is 13.2 Å². The van der Waals surface area contributed by atoms with E-state index in [9.17, 15) is 32.3 Å². The van der Waals surface area contributed by atoms with Crippen LogP contribution in [0.4, 0.5) is 18.0 Å². The summed E-state index contributed by atoms with van der Waals surface area (Å²) in [5.41, 5.74) is 1.99. The van der Waals surface area contributed by atoms with Crippen LogP contribution in [0.3, 0.4) is 0 Å². The van der Waals surface area contributed by atoms with E-state index in [-0.39, 0.29) is 49.8 Å². The minimum absolute atomic E-state index is 0.0371. The summed E-state index contributed by atoms with van der Waals surface area (Å²) >= 11 is 0. The molecular weight excluding hydrogens is 491 g/mol. The van der Waals surface area contributed by atoms with E-state index >= 15 is 0 Å². The van der Waals surface area contributed by atoms with Gasteiger partial charge in [-0.15, -0.1) is 0 Å². The number of fused-ring (bicyclic) bond motifs is 1. The Balaban J connectivity index is 1.10. The van der Waals surface area contributed by atoms with Crippen molar-refractivity contribution in [2.24, 2.45) is 0 Å². The third-order valence-electron chi connectivity index (χ3n) is 7.11. The van der Waals surface area contributed by atoms with Gasteiger partial charge in [-0.3, -0.25) is 19.7 Å². The van der Waals surface area contributed by atoms with E-state index in [0.29, 0.717) is 24.0 Å². The summed E-state index contributed by atoms with van der Waals surface area (Å²) in [6.07, 6.45) is -3.79. The van der Waals surface area contributed by atoms with Crippen LogP contribution >= 0.6 is 0 Å². The first-order chi connectivity index (χ1) is 17.6. The predicted molar refractivity (Wildman–Crippen MR) is 123 cm³/mol. The Hall–Kier alpha value is -3.89. The van der Waals surface area contributed by atoms with E-state index in [1.807, 2.05) is 0 Å². The number of imide groups is 1. The largest absolute Gasteiger partial charge is 0.446 e. The van der Waals surface area contributed by atoms with Gasteiger partial charge < -0.3 is 15.0 Å². The topological polar surface area (TPSA) is 105 Å². The Bertz CT molecular complexity index is 1260. The third kappa shape index (κ3) is 5.16. The van der Waals surface area contributed by atoms with Crippen LogP contribution in [0.15, 0.2) is 42.5 Å². The predicted octanol–water partition coefficient (Wildman–Crippen LogP) is 3.64. The van der Waals surface area contributed by atoms with Crippen LogP contribution < -0.4 is 10.6 Å². The van der Waals surface area contributed by atoms with Gasteiger partial charge in [-0.25, -0.2) is 4.79 Å². The first-order valence-corrected chi connectivity index (χ1v) is 12.0. The molecule has 3 aliphatic rings. The molecule has 1 unspecified atom stereocenters. The molecule has 2 fully saturated rings. The van der Waals surface area contributed by atoms with Crippen LogP contribution in [0.5, 0.6) is 0 Å². The zero-order valence-electron chi connectivity index (χ0n) is 19.6. The molecule has 0 aromatic heterocycles. The van der Waals surface area contributed by atoms with Crippen molar-refractivity contribution in [2.45, 2.75) is 63.0 Å². The van der Waals surface area contributed by atoms with Crippen LogP contribution in [-0.4, -0.2) is 40.9 Å². The second-order valence-electron chi connectivity index (χ2n) is 9.56. The van der Waals surface area contributed by atoms with Gasteiger partial charge in [0, 0.05) is 25.1 Å². The molecule has 2 N–H and O–H groups in total. The van der Waals surface area contributed by atoms with Crippen LogP contribution in [0.25, 0.3) is 0 Å². The number of alkyl carbamates (subject to hydrolysis) is 1. The molecule has 1 saturated carbocycles.